The lowest BCUT2D eigenvalue weighted by Crippen LogP contribution is -2.36. The Labute approximate surface area is 137 Å². The lowest BCUT2D eigenvalue weighted by atomic mass is 10.1. The first-order valence-electron chi connectivity index (χ1n) is 8.07. The molecule has 1 aromatic carbocycles. The molecule has 1 N–H and O–H groups in total. The van der Waals surface area contributed by atoms with E-state index in [1.807, 2.05) is 30.3 Å². The van der Waals surface area contributed by atoms with Gasteiger partial charge in [0.25, 0.3) is 5.91 Å². The number of rotatable bonds is 6. The van der Waals surface area contributed by atoms with Gasteiger partial charge in [-0.25, -0.2) is 0 Å². The van der Waals surface area contributed by atoms with E-state index < -0.39 is 0 Å². The van der Waals surface area contributed by atoms with Crippen LogP contribution >= 0.6 is 0 Å². The Kier molecular flexibility index (Phi) is 6.64. The van der Waals surface area contributed by atoms with Crippen molar-refractivity contribution in [2.45, 2.75) is 19.8 Å². The molecule has 1 aromatic rings. The predicted molar refractivity (Wildman–Crippen MR) is 91.0 cm³/mol. The van der Waals surface area contributed by atoms with Gasteiger partial charge in [0.15, 0.2) is 0 Å². The van der Waals surface area contributed by atoms with Crippen LogP contribution in [0.15, 0.2) is 29.8 Å². The van der Waals surface area contributed by atoms with Gasteiger partial charge in [-0.3, -0.25) is 4.79 Å². The van der Waals surface area contributed by atoms with E-state index in [1.165, 1.54) is 0 Å². The summed E-state index contributed by atoms with van der Waals surface area (Å²) < 4.78 is 5.35. The standard InChI is InChI=1S/C18H23N3O2/c1-2-3-8-20-18(22)16(14-19)13-15-4-6-17(7-5-15)21-9-11-23-12-10-21/h4-7,13H,2-3,8-12H2,1H3,(H,20,22)/b16-13-. The van der Waals surface area contributed by atoms with E-state index in [-0.39, 0.29) is 11.5 Å². The number of nitrogens with zero attached hydrogens (tertiary/aromatic N) is 2. The van der Waals surface area contributed by atoms with E-state index in [4.69, 9.17) is 4.74 Å². The van der Waals surface area contributed by atoms with Crippen molar-refractivity contribution in [1.82, 2.24) is 5.32 Å². The fraction of sp³-hybridized carbons (Fsp3) is 0.444. The van der Waals surface area contributed by atoms with Crippen molar-refractivity contribution in [2.24, 2.45) is 0 Å². The van der Waals surface area contributed by atoms with Gasteiger partial charge in [-0.2, -0.15) is 5.26 Å². The molecule has 5 heteroatoms. The molecule has 1 amide bonds. The van der Waals surface area contributed by atoms with E-state index in [9.17, 15) is 10.1 Å². The highest BCUT2D eigenvalue weighted by molar-refractivity contribution is 6.01. The second-order valence-corrected chi connectivity index (χ2v) is 5.47. The highest BCUT2D eigenvalue weighted by Gasteiger charge is 2.11. The van der Waals surface area contributed by atoms with Crippen LogP contribution in [0.5, 0.6) is 0 Å². The Bertz CT molecular complexity index is 581. The number of hydrogen-bond acceptors (Lipinski definition) is 4. The van der Waals surface area contributed by atoms with Crippen LogP contribution in [0, 0.1) is 11.3 Å². The lowest BCUT2D eigenvalue weighted by molar-refractivity contribution is -0.117. The maximum absolute atomic E-state index is 11.9. The number of nitriles is 1. The number of morpholine rings is 1. The quantitative estimate of drug-likeness (QED) is 0.497. The molecule has 0 bridgehead atoms. The summed E-state index contributed by atoms with van der Waals surface area (Å²) in [5.74, 6) is -0.307. The molecule has 0 unspecified atom stereocenters. The number of hydrogen-bond donors (Lipinski definition) is 1. The fourth-order valence-electron chi connectivity index (χ4n) is 2.39. The summed E-state index contributed by atoms with van der Waals surface area (Å²) in [6, 6.07) is 9.87. The number of benzene rings is 1. The third kappa shape index (κ3) is 5.11. The largest absolute Gasteiger partial charge is 0.378 e. The summed E-state index contributed by atoms with van der Waals surface area (Å²) in [5, 5.41) is 11.9. The average Bonchev–Trinajstić information content (AvgIpc) is 2.61. The van der Waals surface area contributed by atoms with Crippen LogP contribution < -0.4 is 10.2 Å². The van der Waals surface area contributed by atoms with Crippen molar-refractivity contribution >= 4 is 17.7 Å². The number of carbonyl (C=O) groups is 1. The van der Waals surface area contributed by atoms with Gasteiger partial charge < -0.3 is 15.0 Å². The zero-order chi connectivity index (χ0) is 16.5. The number of nitrogens with one attached hydrogen (secondary N) is 1. The molecule has 2 rings (SSSR count). The molecule has 1 aliphatic heterocycles. The van der Waals surface area contributed by atoms with Crippen LogP contribution in [0.4, 0.5) is 5.69 Å². The van der Waals surface area contributed by atoms with Gasteiger partial charge in [0.05, 0.1) is 13.2 Å². The zero-order valence-corrected chi connectivity index (χ0v) is 13.5. The van der Waals surface area contributed by atoms with E-state index in [2.05, 4.69) is 17.1 Å². The first-order chi connectivity index (χ1) is 11.2. The van der Waals surface area contributed by atoms with Crippen LogP contribution in [0.25, 0.3) is 6.08 Å². The number of amides is 1. The molecule has 0 radical (unpaired) electrons. The van der Waals surface area contributed by atoms with Gasteiger partial charge in [0, 0.05) is 25.3 Å². The minimum Gasteiger partial charge on any atom is -0.378 e. The van der Waals surface area contributed by atoms with Crippen LogP contribution in [0.3, 0.4) is 0 Å². The molecule has 0 atom stereocenters. The predicted octanol–water partition coefficient (Wildman–Crippen LogP) is 2.35. The summed E-state index contributed by atoms with van der Waals surface area (Å²) >= 11 is 0. The van der Waals surface area contributed by atoms with Gasteiger partial charge in [-0.05, 0) is 30.2 Å². The van der Waals surface area contributed by atoms with Crippen LogP contribution in [-0.2, 0) is 9.53 Å². The SMILES string of the molecule is CCCCNC(=O)/C(C#N)=C\c1ccc(N2CCOCC2)cc1. The molecule has 23 heavy (non-hydrogen) atoms. The molecule has 1 fully saturated rings. The minimum absolute atomic E-state index is 0.139. The summed E-state index contributed by atoms with van der Waals surface area (Å²) in [6.07, 6.45) is 3.55. The van der Waals surface area contributed by atoms with Crippen LogP contribution in [0.1, 0.15) is 25.3 Å². The van der Waals surface area contributed by atoms with Gasteiger partial charge in [0.2, 0.25) is 0 Å². The summed E-state index contributed by atoms with van der Waals surface area (Å²) in [7, 11) is 0. The Morgan fingerprint density at radius 3 is 2.65 bits per heavy atom. The summed E-state index contributed by atoms with van der Waals surface area (Å²) in [5.41, 5.74) is 2.13. The Morgan fingerprint density at radius 1 is 1.35 bits per heavy atom. The Hall–Kier alpha value is -2.32. The van der Waals surface area contributed by atoms with E-state index in [1.54, 1.807) is 6.08 Å². The molecule has 5 nitrogen and oxygen atoms in total. The zero-order valence-electron chi connectivity index (χ0n) is 13.5. The first kappa shape index (κ1) is 17.0. The monoisotopic (exact) mass is 313 g/mol. The van der Waals surface area contributed by atoms with Crippen molar-refractivity contribution in [1.29, 1.82) is 5.26 Å². The average molecular weight is 313 g/mol. The van der Waals surface area contributed by atoms with Gasteiger partial charge >= 0.3 is 0 Å². The second kappa shape index (κ2) is 8.96. The van der Waals surface area contributed by atoms with Crippen molar-refractivity contribution in [2.75, 3.05) is 37.7 Å². The van der Waals surface area contributed by atoms with Crippen molar-refractivity contribution < 1.29 is 9.53 Å². The molecule has 1 aliphatic rings. The van der Waals surface area contributed by atoms with Gasteiger partial charge in [0.1, 0.15) is 11.6 Å². The molecule has 1 heterocycles. The number of ether oxygens (including phenoxy) is 1. The molecule has 0 saturated carbocycles. The Balaban J connectivity index is 2.02. The van der Waals surface area contributed by atoms with Gasteiger partial charge in [-0.1, -0.05) is 25.5 Å². The first-order valence-corrected chi connectivity index (χ1v) is 8.07. The van der Waals surface area contributed by atoms with Crippen LogP contribution in [-0.4, -0.2) is 38.8 Å². The lowest BCUT2D eigenvalue weighted by Gasteiger charge is -2.28. The van der Waals surface area contributed by atoms with Crippen molar-refractivity contribution in [3.05, 3.63) is 35.4 Å². The summed E-state index contributed by atoms with van der Waals surface area (Å²) in [6.45, 7) is 5.93. The molecule has 1 saturated heterocycles. The van der Waals surface area contributed by atoms with Crippen molar-refractivity contribution in [3.63, 3.8) is 0 Å². The number of unbranched alkanes of at least 4 members (excludes halogenated alkanes) is 1. The normalized spacial score (nSPS) is 15.1. The van der Waals surface area contributed by atoms with E-state index in [0.29, 0.717) is 6.54 Å². The molecule has 0 aliphatic carbocycles. The molecular weight excluding hydrogens is 290 g/mol. The fourth-order valence-corrected chi connectivity index (χ4v) is 2.39. The smallest absolute Gasteiger partial charge is 0.261 e. The Morgan fingerprint density at radius 2 is 2.04 bits per heavy atom. The number of anilines is 1. The molecule has 0 aromatic heterocycles. The van der Waals surface area contributed by atoms with E-state index in [0.717, 1.165) is 50.4 Å². The van der Waals surface area contributed by atoms with Crippen molar-refractivity contribution in [3.8, 4) is 6.07 Å². The molecular formula is C18H23N3O2. The maximum Gasteiger partial charge on any atom is 0.261 e. The summed E-state index contributed by atoms with van der Waals surface area (Å²) in [4.78, 5) is 14.2. The second-order valence-electron chi connectivity index (χ2n) is 5.47. The maximum atomic E-state index is 11.9. The minimum atomic E-state index is -0.307. The van der Waals surface area contributed by atoms with Crippen LogP contribution in [0.2, 0.25) is 0 Å². The molecule has 122 valence electrons. The topological polar surface area (TPSA) is 65.4 Å². The molecule has 0 spiro atoms. The highest BCUT2D eigenvalue weighted by atomic mass is 16.5. The van der Waals surface area contributed by atoms with Gasteiger partial charge in [-0.15, -0.1) is 0 Å². The van der Waals surface area contributed by atoms with E-state index >= 15 is 0 Å². The number of carbonyl (C=O) groups excluding carboxylic acids is 1. The third-order valence-electron chi connectivity index (χ3n) is 3.76. The highest BCUT2D eigenvalue weighted by Crippen LogP contribution is 2.18. The third-order valence-corrected chi connectivity index (χ3v) is 3.76.